The second kappa shape index (κ2) is 5.94. The Morgan fingerprint density at radius 3 is 2.67 bits per heavy atom. The van der Waals surface area contributed by atoms with Crippen molar-refractivity contribution < 1.29 is 9.47 Å². The molecule has 0 aliphatic heterocycles. The van der Waals surface area contributed by atoms with Crippen molar-refractivity contribution in [3.63, 3.8) is 0 Å². The molecule has 0 radical (unpaired) electrons. The van der Waals surface area contributed by atoms with Crippen LogP contribution in [-0.4, -0.2) is 36.3 Å². The molecule has 0 spiro atoms. The fourth-order valence-corrected chi connectivity index (χ4v) is 1.92. The van der Waals surface area contributed by atoms with Crippen LogP contribution < -0.4 is 16.6 Å². The van der Waals surface area contributed by atoms with Gasteiger partial charge in [-0.25, -0.2) is 15.8 Å². The van der Waals surface area contributed by atoms with Crippen LogP contribution in [0.25, 0.3) is 0 Å². The summed E-state index contributed by atoms with van der Waals surface area (Å²) in [5.74, 6) is 7.30. The first-order valence-electron chi connectivity index (χ1n) is 5.88. The van der Waals surface area contributed by atoms with Crippen molar-refractivity contribution >= 4 is 11.6 Å². The Morgan fingerprint density at radius 1 is 1.33 bits per heavy atom. The number of aromatic nitrogens is 2. The van der Waals surface area contributed by atoms with E-state index in [0.29, 0.717) is 30.4 Å². The second-order valence-electron chi connectivity index (χ2n) is 4.30. The average Bonchev–Trinajstić information content (AvgIpc) is 2.33. The van der Waals surface area contributed by atoms with Crippen molar-refractivity contribution in [1.29, 1.82) is 0 Å². The van der Waals surface area contributed by atoms with Crippen LogP contribution in [0.15, 0.2) is 6.07 Å². The van der Waals surface area contributed by atoms with E-state index in [4.69, 9.17) is 15.3 Å². The number of hydrazine groups is 1. The average molecular weight is 253 g/mol. The standard InChI is InChI=1S/C11H19N5O2/c1-17-6-11-14-9(5-10(15-11)16-12)13-7-3-8(4-7)18-2/h5,7-8H,3-4,6,12H2,1-2H3,(H2,13,14,15,16). The number of ether oxygens (including phenoxy) is 2. The summed E-state index contributed by atoms with van der Waals surface area (Å²) in [7, 11) is 3.34. The number of anilines is 2. The third kappa shape index (κ3) is 3.06. The molecule has 1 aliphatic rings. The minimum atomic E-state index is 0.356. The van der Waals surface area contributed by atoms with Gasteiger partial charge in [0.2, 0.25) is 0 Å². The van der Waals surface area contributed by atoms with Gasteiger partial charge < -0.3 is 20.2 Å². The van der Waals surface area contributed by atoms with Gasteiger partial charge in [0.25, 0.3) is 0 Å². The van der Waals surface area contributed by atoms with Gasteiger partial charge in [0.05, 0.1) is 6.10 Å². The Bertz CT molecular complexity index is 395. The van der Waals surface area contributed by atoms with E-state index in [-0.39, 0.29) is 0 Å². The molecule has 0 atom stereocenters. The maximum absolute atomic E-state index is 5.38. The van der Waals surface area contributed by atoms with Crippen LogP contribution in [0, 0.1) is 0 Å². The van der Waals surface area contributed by atoms with E-state index in [2.05, 4.69) is 20.7 Å². The quantitative estimate of drug-likeness (QED) is 0.502. The van der Waals surface area contributed by atoms with Crippen LogP contribution in [-0.2, 0) is 16.1 Å². The highest BCUT2D eigenvalue weighted by Crippen LogP contribution is 2.26. The zero-order chi connectivity index (χ0) is 13.0. The molecule has 2 rings (SSSR count). The third-order valence-corrected chi connectivity index (χ3v) is 2.97. The molecule has 0 saturated heterocycles. The summed E-state index contributed by atoms with van der Waals surface area (Å²) >= 11 is 0. The van der Waals surface area contributed by atoms with Crippen LogP contribution in [0.1, 0.15) is 18.7 Å². The van der Waals surface area contributed by atoms with E-state index < -0.39 is 0 Å². The van der Waals surface area contributed by atoms with E-state index in [1.54, 1.807) is 20.3 Å². The molecular weight excluding hydrogens is 234 g/mol. The zero-order valence-corrected chi connectivity index (χ0v) is 10.6. The van der Waals surface area contributed by atoms with Gasteiger partial charge in [0, 0.05) is 26.3 Å². The predicted molar refractivity (Wildman–Crippen MR) is 68.0 cm³/mol. The van der Waals surface area contributed by atoms with E-state index >= 15 is 0 Å². The number of hydrogen-bond donors (Lipinski definition) is 3. The third-order valence-electron chi connectivity index (χ3n) is 2.97. The molecule has 1 aromatic rings. The molecule has 1 saturated carbocycles. The molecule has 1 aromatic heterocycles. The Balaban J connectivity index is 2.00. The summed E-state index contributed by atoms with van der Waals surface area (Å²) in [6.45, 7) is 0.357. The van der Waals surface area contributed by atoms with Crippen molar-refractivity contribution in [2.45, 2.75) is 31.6 Å². The summed E-state index contributed by atoms with van der Waals surface area (Å²) < 4.78 is 10.3. The first-order valence-corrected chi connectivity index (χ1v) is 5.88. The highest BCUT2D eigenvalue weighted by molar-refractivity contribution is 5.47. The van der Waals surface area contributed by atoms with Crippen LogP contribution in [0.2, 0.25) is 0 Å². The fraction of sp³-hybridized carbons (Fsp3) is 0.636. The van der Waals surface area contributed by atoms with Crippen molar-refractivity contribution in [2.75, 3.05) is 25.0 Å². The second-order valence-corrected chi connectivity index (χ2v) is 4.30. The summed E-state index contributed by atoms with van der Waals surface area (Å²) in [5.41, 5.74) is 2.52. The summed E-state index contributed by atoms with van der Waals surface area (Å²) in [6.07, 6.45) is 2.34. The van der Waals surface area contributed by atoms with E-state index in [0.717, 1.165) is 18.7 Å². The monoisotopic (exact) mass is 253 g/mol. The molecule has 100 valence electrons. The number of methoxy groups -OCH3 is 2. The number of hydrogen-bond acceptors (Lipinski definition) is 7. The van der Waals surface area contributed by atoms with Crippen LogP contribution in [0.5, 0.6) is 0 Å². The van der Waals surface area contributed by atoms with Gasteiger partial charge in [-0.3, -0.25) is 0 Å². The predicted octanol–water partition coefficient (Wildman–Crippen LogP) is 0.498. The lowest BCUT2D eigenvalue weighted by Gasteiger charge is -2.35. The number of nitrogens with one attached hydrogen (secondary N) is 2. The van der Waals surface area contributed by atoms with Gasteiger partial charge in [-0.1, -0.05) is 0 Å². The molecule has 0 amide bonds. The molecule has 1 fully saturated rings. The van der Waals surface area contributed by atoms with Crippen molar-refractivity contribution in [3.8, 4) is 0 Å². The maximum Gasteiger partial charge on any atom is 0.158 e. The van der Waals surface area contributed by atoms with E-state index in [9.17, 15) is 0 Å². The maximum atomic E-state index is 5.38. The molecule has 7 heteroatoms. The molecule has 1 aliphatic carbocycles. The van der Waals surface area contributed by atoms with Crippen molar-refractivity contribution in [1.82, 2.24) is 9.97 Å². The molecular formula is C11H19N5O2. The summed E-state index contributed by atoms with van der Waals surface area (Å²) in [6, 6.07) is 2.17. The van der Waals surface area contributed by atoms with E-state index in [1.165, 1.54) is 0 Å². The van der Waals surface area contributed by atoms with Crippen molar-refractivity contribution in [2.24, 2.45) is 5.84 Å². The SMILES string of the molecule is COCc1nc(NN)cc(NC2CC(OC)C2)n1. The van der Waals surface area contributed by atoms with E-state index in [1.807, 2.05) is 0 Å². The van der Waals surface area contributed by atoms with Crippen LogP contribution >= 0.6 is 0 Å². The lowest BCUT2D eigenvalue weighted by molar-refractivity contribution is 0.0328. The Labute approximate surface area is 106 Å². The summed E-state index contributed by atoms with van der Waals surface area (Å²) in [4.78, 5) is 8.55. The number of nitrogens with zero attached hydrogens (tertiary/aromatic N) is 2. The van der Waals surface area contributed by atoms with Crippen LogP contribution in [0.4, 0.5) is 11.6 Å². The minimum Gasteiger partial charge on any atom is -0.381 e. The Kier molecular flexibility index (Phi) is 4.29. The minimum absolute atomic E-state index is 0.356. The first-order chi connectivity index (χ1) is 8.75. The topological polar surface area (TPSA) is 94.3 Å². The smallest absolute Gasteiger partial charge is 0.158 e. The van der Waals surface area contributed by atoms with Gasteiger partial charge >= 0.3 is 0 Å². The molecule has 0 aromatic carbocycles. The summed E-state index contributed by atoms with van der Waals surface area (Å²) in [5, 5.41) is 3.33. The molecule has 7 nitrogen and oxygen atoms in total. The zero-order valence-electron chi connectivity index (χ0n) is 10.6. The molecule has 0 bridgehead atoms. The molecule has 1 heterocycles. The lowest BCUT2D eigenvalue weighted by Crippen LogP contribution is -2.40. The normalized spacial score (nSPS) is 22.4. The van der Waals surface area contributed by atoms with Crippen LogP contribution in [0.3, 0.4) is 0 Å². The Hall–Kier alpha value is -1.44. The highest BCUT2D eigenvalue weighted by atomic mass is 16.5. The lowest BCUT2D eigenvalue weighted by atomic mass is 9.89. The fourth-order valence-electron chi connectivity index (χ4n) is 1.92. The number of nitrogen functional groups attached to an aromatic ring is 1. The first kappa shape index (κ1) is 13.0. The van der Waals surface area contributed by atoms with Gasteiger partial charge in [0.1, 0.15) is 18.2 Å². The molecule has 0 unspecified atom stereocenters. The Morgan fingerprint density at radius 2 is 2.06 bits per heavy atom. The largest absolute Gasteiger partial charge is 0.381 e. The van der Waals surface area contributed by atoms with Gasteiger partial charge in [-0.2, -0.15) is 0 Å². The number of nitrogens with two attached hydrogens (primary N) is 1. The van der Waals surface area contributed by atoms with Crippen molar-refractivity contribution in [3.05, 3.63) is 11.9 Å². The van der Waals surface area contributed by atoms with Gasteiger partial charge in [0.15, 0.2) is 5.82 Å². The highest BCUT2D eigenvalue weighted by Gasteiger charge is 2.29. The molecule has 18 heavy (non-hydrogen) atoms. The molecule has 4 N–H and O–H groups in total. The van der Waals surface area contributed by atoms with Gasteiger partial charge in [-0.05, 0) is 12.8 Å². The number of rotatable bonds is 6. The van der Waals surface area contributed by atoms with Gasteiger partial charge in [-0.15, -0.1) is 0 Å².